The molecule has 0 aliphatic rings. The molecule has 0 radical (unpaired) electrons. The first kappa shape index (κ1) is 24.0. The van der Waals surface area contributed by atoms with Gasteiger partial charge in [0, 0.05) is 12.1 Å². The number of benzene rings is 2. The number of methoxy groups -OCH3 is 1. The summed E-state index contributed by atoms with van der Waals surface area (Å²) in [7, 11) is 1.63. The van der Waals surface area contributed by atoms with Gasteiger partial charge in [-0.15, -0.1) is 0 Å². The summed E-state index contributed by atoms with van der Waals surface area (Å²) < 4.78 is 5.33. The van der Waals surface area contributed by atoms with E-state index < -0.39 is 5.91 Å². The van der Waals surface area contributed by atoms with Crippen molar-refractivity contribution < 1.29 is 14.3 Å². The lowest BCUT2D eigenvalue weighted by Crippen LogP contribution is -2.42. The minimum absolute atomic E-state index is 0.00942. The Morgan fingerprint density at radius 1 is 1.03 bits per heavy atom. The van der Waals surface area contributed by atoms with E-state index in [4.69, 9.17) is 27.9 Å². The number of rotatable bonds is 10. The maximum atomic E-state index is 12.3. The lowest BCUT2D eigenvalue weighted by molar-refractivity contribution is -0.120. The standard InChI is InChI=1S/C22H27Cl2N3O3/c1-4-27(5-2)20(15-7-6-8-17(11-15)30-3)13-25-21(28)14-26-22(29)16-9-10-18(23)19(24)12-16/h6-12,20H,4-5,13-14H2,1-3H3,(H,25,28)(H,26,29). The summed E-state index contributed by atoms with van der Waals surface area (Å²) in [5.74, 6) is 0.102. The van der Waals surface area contributed by atoms with Gasteiger partial charge < -0.3 is 15.4 Å². The average molecular weight is 452 g/mol. The van der Waals surface area contributed by atoms with Crippen LogP contribution in [0.4, 0.5) is 0 Å². The highest BCUT2D eigenvalue weighted by Gasteiger charge is 2.19. The van der Waals surface area contributed by atoms with Crippen molar-refractivity contribution in [2.75, 3.05) is 33.3 Å². The molecule has 0 aromatic heterocycles. The first-order valence-corrected chi connectivity index (χ1v) is 10.5. The Kier molecular flexibility index (Phi) is 9.43. The number of amides is 2. The van der Waals surface area contributed by atoms with Gasteiger partial charge in [-0.25, -0.2) is 0 Å². The summed E-state index contributed by atoms with van der Waals surface area (Å²) in [4.78, 5) is 26.8. The van der Waals surface area contributed by atoms with E-state index >= 15 is 0 Å². The molecule has 162 valence electrons. The molecule has 0 aliphatic heterocycles. The second kappa shape index (κ2) is 11.8. The number of nitrogens with zero attached hydrogens (tertiary/aromatic N) is 1. The van der Waals surface area contributed by atoms with Crippen molar-refractivity contribution in [3.63, 3.8) is 0 Å². The molecule has 0 saturated carbocycles. The van der Waals surface area contributed by atoms with Crippen LogP contribution < -0.4 is 15.4 Å². The van der Waals surface area contributed by atoms with Crippen LogP contribution in [0, 0.1) is 0 Å². The van der Waals surface area contributed by atoms with Crippen molar-refractivity contribution >= 4 is 35.0 Å². The monoisotopic (exact) mass is 451 g/mol. The molecule has 30 heavy (non-hydrogen) atoms. The maximum absolute atomic E-state index is 12.3. The molecule has 0 heterocycles. The van der Waals surface area contributed by atoms with Gasteiger partial charge in [-0.05, 0) is 49.0 Å². The number of hydrogen-bond acceptors (Lipinski definition) is 4. The molecular formula is C22H27Cl2N3O3. The molecule has 2 aromatic carbocycles. The fourth-order valence-electron chi connectivity index (χ4n) is 3.14. The van der Waals surface area contributed by atoms with E-state index in [9.17, 15) is 9.59 Å². The number of likely N-dealkylation sites (N-methyl/N-ethyl adjacent to an activating group) is 1. The Bertz CT molecular complexity index is 872. The van der Waals surface area contributed by atoms with Gasteiger partial charge in [0.2, 0.25) is 5.91 Å². The molecule has 8 heteroatoms. The van der Waals surface area contributed by atoms with Gasteiger partial charge in [0.05, 0.1) is 29.7 Å². The van der Waals surface area contributed by atoms with Crippen LogP contribution in [0.5, 0.6) is 5.75 Å². The molecule has 1 atom stereocenters. The third kappa shape index (κ3) is 6.62. The normalized spacial score (nSPS) is 11.8. The first-order valence-electron chi connectivity index (χ1n) is 9.77. The van der Waals surface area contributed by atoms with Crippen molar-refractivity contribution in [1.29, 1.82) is 0 Å². The zero-order chi connectivity index (χ0) is 22.1. The Morgan fingerprint density at radius 2 is 1.77 bits per heavy atom. The largest absolute Gasteiger partial charge is 0.497 e. The molecule has 0 bridgehead atoms. The van der Waals surface area contributed by atoms with Crippen LogP contribution in [0.15, 0.2) is 42.5 Å². The van der Waals surface area contributed by atoms with Crippen LogP contribution in [-0.2, 0) is 4.79 Å². The van der Waals surface area contributed by atoms with Crippen LogP contribution in [0.25, 0.3) is 0 Å². The molecule has 0 spiro atoms. The maximum Gasteiger partial charge on any atom is 0.251 e. The lowest BCUT2D eigenvalue weighted by Gasteiger charge is -2.30. The zero-order valence-corrected chi connectivity index (χ0v) is 18.9. The Labute approximate surface area is 187 Å². The van der Waals surface area contributed by atoms with E-state index in [-0.39, 0.29) is 23.5 Å². The number of ether oxygens (including phenoxy) is 1. The zero-order valence-electron chi connectivity index (χ0n) is 17.4. The number of nitrogens with one attached hydrogen (secondary N) is 2. The fourth-order valence-corrected chi connectivity index (χ4v) is 3.44. The molecule has 2 amide bonds. The highest BCUT2D eigenvalue weighted by Crippen LogP contribution is 2.24. The van der Waals surface area contributed by atoms with Gasteiger partial charge in [0.25, 0.3) is 5.91 Å². The van der Waals surface area contributed by atoms with E-state index in [2.05, 4.69) is 29.4 Å². The highest BCUT2D eigenvalue weighted by atomic mass is 35.5. The minimum Gasteiger partial charge on any atom is -0.497 e. The van der Waals surface area contributed by atoms with Crippen LogP contribution >= 0.6 is 23.2 Å². The van der Waals surface area contributed by atoms with Gasteiger partial charge in [-0.3, -0.25) is 14.5 Å². The number of hydrogen-bond donors (Lipinski definition) is 2. The summed E-state index contributed by atoms with van der Waals surface area (Å²) in [5.41, 5.74) is 1.40. The van der Waals surface area contributed by atoms with Crippen LogP contribution in [0.1, 0.15) is 35.8 Å². The van der Waals surface area contributed by atoms with Crippen LogP contribution in [0.2, 0.25) is 10.0 Å². The Morgan fingerprint density at radius 3 is 2.40 bits per heavy atom. The molecule has 0 saturated heterocycles. The van der Waals surface area contributed by atoms with Crippen molar-refractivity contribution in [3.05, 3.63) is 63.6 Å². The van der Waals surface area contributed by atoms with Gasteiger partial charge in [-0.1, -0.05) is 49.2 Å². The highest BCUT2D eigenvalue weighted by molar-refractivity contribution is 6.42. The van der Waals surface area contributed by atoms with Crippen LogP contribution in [-0.4, -0.2) is 50.0 Å². The number of carbonyl (C=O) groups excluding carboxylic acids is 2. The molecule has 0 fully saturated rings. The van der Waals surface area contributed by atoms with Gasteiger partial charge in [0.15, 0.2) is 0 Å². The molecule has 2 rings (SSSR count). The minimum atomic E-state index is -0.392. The summed E-state index contributed by atoms with van der Waals surface area (Å²) in [6, 6.07) is 12.4. The third-order valence-electron chi connectivity index (χ3n) is 4.82. The third-order valence-corrected chi connectivity index (χ3v) is 5.55. The molecule has 6 nitrogen and oxygen atoms in total. The van der Waals surface area contributed by atoms with E-state index in [1.165, 1.54) is 6.07 Å². The second-order valence-electron chi connectivity index (χ2n) is 6.63. The van der Waals surface area contributed by atoms with E-state index in [1.54, 1.807) is 19.2 Å². The summed E-state index contributed by atoms with van der Waals surface area (Å²) in [6.07, 6.45) is 0. The summed E-state index contributed by atoms with van der Waals surface area (Å²) in [6.45, 7) is 6.11. The summed E-state index contributed by atoms with van der Waals surface area (Å²) >= 11 is 11.8. The van der Waals surface area contributed by atoms with E-state index in [0.29, 0.717) is 17.1 Å². The fraction of sp³-hybridized carbons (Fsp3) is 0.364. The Hall–Kier alpha value is -2.28. The van der Waals surface area contributed by atoms with Crippen molar-refractivity contribution in [1.82, 2.24) is 15.5 Å². The number of carbonyl (C=O) groups is 2. The van der Waals surface area contributed by atoms with Gasteiger partial charge >= 0.3 is 0 Å². The second-order valence-corrected chi connectivity index (χ2v) is 7.44. The lowest BCUT2D eigenvalue weighted by atomic mass is 10.0. The van der Waals surface area contributed by atoms with Gasteiger partial charge in [-0.2, -0.15) is 0 Å². The Balaban J connectivity index is 1.97. The molecule has 1 unspecified atom stereocenters. The predicted octanol–water partition coefficient (Wildman–Crippen LogP) is 3.93. The molecule has 2 aromatic rings. The van der Waals surface area contributed by atoms with Crippen LogP contribution in [0.3, 0.4) is 0 Å². The van der Waals surface area contributed by atoms with Crippen molar-refractivity contribution in [2.24, 2.45) is 0 Å². The van der Waals surface area contributed by atoms with Crippen molar-refractivity contribution in [2.45, 2.75) is 19.9 Å². The number of halogens is 2. The molecule has 0 aliphatic carbocycles. The average Bonchev–Trinajstić information content (AvgIpc) is 2.76. The SMILES string of the molecule is CCN(CC)C(CNC(=O)CNC(=O)c1ccc(Cl)c(Cl)c1)c1cccc(OC)c1. The van der Waals surface area contributed by atoms with Crippen molar-refractivity contribution in [3.8, 4) is 5.75 Å². The van der Waals surface area contributed by atoms with E-state index in [1.807, 2.05) is 24.3 Å². The van der Waals surface area contributed by atoms with Gasteiger partial charge in [0.1, 0.15) is 5.75 Å². The molecular weight excluding hydrogens is 425 g/mol. The van der Waals surface area contributed by atoms with E-state index in [0.717, 1.165) is 24.4 Å². The first-order chi connectivity index (χ1) is 14.4. The topological polar surface area (TPSA) is 70.7 Å². The quantitative estimate of drug-likeness (QED) is 0.573. The smallest absolute Gasteiger partial charge is 0.251 e. The predicted molar refractivity (Wildman–Crippen MR) is 120 cm³/mol. The summed E-state index contributed by atoms with van der Waals surface area (Å²) in [5, 5.41) is 6.16. The molecule has 2 N–H and O–H groups in total.